The highest BCUT2D eigenvalue weighted by Crippen LogP contribution is 2.77. The number of fused-ring (bicyclic) bond motifs is 2. The van der Waals surface area contributed by atoms with E-state index in [1.165, 1.54) is 0 Å². The average Bonchev–Trinajstić information content (AvgIpc) is 2.61. The lowest BCUT2D eigenvalue weighted by Gasteiger charge is -2.48. The zero-order valence-electron chi connectivity index (χ0n) is 8.95. The van der Waals surface area contributed by atoms with E-state index in [0.717, 1.165) is 0 Å². The molecule has 106 valence electrons. The summed E-state index contributed by atoms with van der Waals surface area (Å²) in [6.45, 7) is 0. The van der Waals surface area contributed by atoms with Crippen LogP contribution in [0.25, 0.3) is 0 Å². The molecule has 2 rings (SSSR count). The first kappa shape index (κ1) is 16.7. The maximum atomic E-state index is 6.45. The van der Waals surface area contributed by atoms with Crippen LogP contribution in [0.3, 0.4) is 0 Å². The first-order valence-corrected chi connectivity index (χ1v) is 8.86. The van der Waals surface area contributed by atoms with Crippen molar-refractivity contribution in [2.24, 2.45) is 16.7 Å². The molecule has 0 spiro atoms. The third-order valence-corrected chi connectivity index (χ3v) is 8.53. The van der Waals surface area contributed by atoms with E-state index >= 15 is 0 Å². The smallest absolute Gasteiger partial charge is 0.126 e. The summed E-state index contributed by atoms with van der Waals surface area (Å²) in [7, 11) is 0. The molecular formula is C10H10Cl8. The van der Waals surface area contributed by atoms with Crippen molar-refractivity contribution in [3.8, 4) is 0 Å². The molecule has 0 amide bonds. The normalized spacial score (nSPS) is 50.2. The minimum absolute atomic E-state index is 0.108. The van der Waals surface area contributed by atoms with Gasteiger partial charge in [0.05, 0.1) is 10.8 Å². The molecular weight excluding hydrogens is 404 g/mol. The molecule has 2 aliphatic carbocycles. The number of alkyl halides is 8. The molecule has 0 unspecified atom stereocenters. The Labute approximate surface area is 146 Å². The van der Waals surface area contributed by atoms with Gasteiger partial charge in [-0.1, -0.05) is 0 Å². The van der Waals surface area contributed by atoms with Crippen molar-refractivity contribution in [2.45, 2.75) is 26.3 Å². The van der Waals surface area contributed by atoms with Crippen LogP contribution in [-0.4, -0.2) is 31.7 Å². The number of rotatable bonds is 3. The van der Waals surface area contributed by atoms with Gasteiger partial charge in [0.2, 0.25) is 0 Å². The first-order chi connectivity index (χ1) is 8.23. The number of hydrogen-bond donors (Lipinski definition) is 0. The summed E-state index contributed by atoms with van der Waals surface area (Å²) in [5.41, 5.74) is -1.68. The van der Waals surface area contributed by atoms with Gasteiger partial charge in [-0.25, -0.2) is 0 Å². The van der Waals surface area contributed by atoms with Gasteiger partial charge in [-0.2, -0.15) is 0 Å². The lowest BCUT2D eigenvalue weighted by atomic mass is 9.69. The standard InChI is InChI=1S/C10H10Cl8/c11-2-8(7(15)16)4-1-10(17,18)9(8,3-12)6(14)5(4)13/h4-7H,1-3H2/t4-,5+,6-,8+,9+/m1/s1. The topological polar surface area (TPSA) is 0 Å². The Balaban J connectivity index is 2.68. The van der Waals surface area contributed by atoms with Crippen LogP contribution < -0.4 is 0 Å². The second-order valence-electron chi connectivity index (χ2n) is 4.94. The summed E-state index contributed by atoms with van der Waals surface area (Å²) in [4.78, 5) is -0.789. The van der Waals surface area contributed by atoms with Gasteiger partial charge >= 0.3 is 0 Å². The molecule has 0 saturated heterocycles. The highest BCUT2D eigenvalue weighted by atomic mass is 35.5. The molecule has 0 N–H and O–H groups in total. The van der Waals surface area contributed by atoms with E-state index in [0.29, 0.717) is 6.42 Å². The predicted molar refractivity (Wildman–Crippen MR) is 83.6 cm³/mol. The second-order valence-corrected chi connectivity index (χ2v) is 9.03. The van der Waals surface area contributed by atoms with E-state index in [1.807, 2.05) is 0 Å². The molecule has 2 fully saturated rings. The van der Waals surface area contributed by atoms with Gasteiger partial charge in [-0.15, -0.1) is 92.8 Å². The van der Waals surface area contributed by atoms with Crippen molar-refractivity contribution in [1.29, 1.82) is 0 Å². The summed E-state index contributed by atoms with van der Waals surface area (Å²) in [5, 5.41) is -0.876. The summed E-state index contributed by atoms with van der Waals surface area (Å²) < 4.78 is -1.13. The Bertz CT molecular complexity index is 345. The van der Waals surface area contributed by atoms with Crippen LogP contribution in [-0.2, 0) is 0 Å². The number of halogens is 8. The summed E-state index contributed by atoms with van der Waals surface area (Å²) in [5.74, 6) is 0.111. The molecule has 0 aromatic heterocycles. The van der Waals surface area contributed by atoms with E-state index in [4.69, 9.17) is 92.8 Å². The van der Waals surface area contributed by atoms with Crippen molar-refractivity contribution < 1.29 is 0 Å². The van der Waals surface area contributed by atoms with Crippen molar-refractivity contribution in [3.05, 3.63) is 0 Å². The molecule has 0 heterocycles. The Hall–Kier alpha value is 2.32. The molecule has 0 nitrogen and oxygen atoms in total. The molecule has 2 saturated carbocycles. The Kier molecular flexibility index (Phi) is 4.82. The SMILES string of the molecule is ClC[C@@]1(C(Cl)Cl)[C@@H]2CC(Cl)(Cl)[C@@]1(CCl)[C@H](Cl)[C@H]2Cl. The van der Waals surface area contributed by atoms with Crippen LogP contribution in [0.4, 0.5) is 0 Å². The zero-order chi connectivity index (χ0) is 13.9. The van der Waals surface area contributed by atoms with E-state index in [1.54, 1.807) is 0 Å². The molecule has 2 bridgehead atoms. The van der Waals surface area contributed by atoms with Gasteiger partial charge < -0.3 is 0 Å². The molecule has 5 atom stereocenters. The summed E-state index contributed by atoms with van der Waals surface area (Å²) in [6.07, 6.45) is 0.433. The molecule has 8 heteroatoms. The Morgan fingerprint density at radius 1 is 1.06 bits per heavy atom. The summed E-state index contributed by atoms with van der Waals surface area (Å²) in [6, 6.07) is 0. The van der Waals surface area contributed by atoms with Crippen molar-refractivity contribution in [1.82, 2.24) is 0 Å². The Morgan fingerprint density at radius 2 is 1.61 bits per heavy atom. The lowest BCUT2D eigenvalue weighted by molar-refractivity contribution is 0.149. The zero-order valence-corrected chi connectivity index (χ0v) is 15.0. The summed E-state index contributed by atoms with van der Waals surface area (Å²) >= 11 is 50.4. The largest absolute Gasteiger partial charge is 0.127 e. The maximum Gasteiger partial charge on any atom is 0.127 e. The first-order valence-electron chi connectivity index (χ1n) is 5.29. The van der Waals surface area contributed by atoms with Crippen LogP contribution in [0.5, 0.6) is 0 Å². The van der Waals surface area contributed by atoms with Crippen LogP contribution in [0.1, 0.15) is 6.42 Å². The van der Waals surface area contributed by atoms with Crippen LogP contribution in [0, 0.1) is 16.7 Å². The van der Waals surface area contributed by atoms with E-state index in [2.05, 4.69) is 0 Å². The fraction of sp³-hybridized carbons (Fsp3) is 1.00. The van der Waals surface area contributed by atoms with E-state index in [-0.39, 0.29) is 23.1 Å². The van der Waals surface area contributed by atoms with Gasteiger partial charge in [0.25, 0.3) is 0 Å². The van der Waals surface area contributed by atoms with Crippen molar-refractivity contribution >= 4 is 92.8 Å². The van der Waals surface area contributed by atoms with Crippen LogP contribution in [0.2, 0.25) is 0 Å². The highest BCUT2D eigenvalue weighted by Gasteiger charge is 2.81. The Morgan fingerprint density at radius 3 is 1.94 bits per heavy atom. The van der Waals surface area contributed by atoms with Gasteiger partial charge in [0, 0.05) is 22.6 Å². The quantitative estimate of drug-likeness (QED) is 0.523. The minimum Gasteiger partial charge on any atom is -0.126 e. The van der Waals surface area contributed by atoms with Gasteiger partial charge in [0.15, 0.2) is 0 Å². The minimum atomic E-state index is -1.13. The fourth-order valence-electron chi connectivity index (χ4n) is 3.57. The molecule has 0 aromatic rings. The molecule has 0 aromatic carbocycles. The molecule has 0 aliphatic heterocycles. The third kappa shape index (κ3) is 1.67. The van der Waals surface area contributed by atoms with Crippen LogP contribution >= 0.6 is 92.8 Å². The third-order valence-electron chi connectivity index (χ3n) is 4.58. The molecule has 18 heavy (non-hydrogen) atoms. The molecule has 2 aliphatic rings. The second kappa shape index (κ2) is 5.20. The van der Waals surface area contributed by atoms with Crippen LogP contribution in [0.15, 0.2) is 0 Å². The van der Waals surface area contributed by atoms with Crippen molar-refractivity contribution in [2.75, 3.05) is 11.8 Å². The van der Waals surface area contributed by atoms with E-state index in [9.17, 15) is 0 Å². The van der Waals surface area contributed by atoms with Gasteiger partial charge in [-0.3, -0.25) is 0 Å². The highest BCUT2D eigenvalue weighted by molar-refractivity contribution is 6.52. The van der Waals surface area contributed by atoms with Gasteiger partial charge in [0.1, 0.15) is 9.17 Å². The maximum absolute atomic E-state index is 6.45. The fourth-order valence-corrected chi connectivity index (χ4v) is 8.38. The monoisotopic (exact) mass is 410 g/mol. The predicted octanol–water partition coefficient (Wildman–Crippen LogP) is 5.66. The average molecular weight is 414 g/mol. The lowest BCUT2D eigenvalue weighted by Crippen LogP contribution is -2.55. The van der Waals surface area contributed by atoms with Crippen molar-refractivity contribution in [3.63, 3.8) is 0 Å². The van der Waals surface area contributed by atoms with E-state index < -0.39 is 25.4 Å². The number of hydrogen-bond acceptors (Lipinski definition) is 0. The molecule has 0 radical (unpaired) electrons. The van der Waals surface area contributed by atoms with Gasteiger partial charge in [-0.05, 0) is 12.3 Å².